The van der Waals surface area contributed by atoms with Crippen molar-refractivity contribution in [2.75, 3.05) is 5.32 Å². The predicted octanol–water partition coefficient (Wildman–Crippen LogP) is 5.82. The van der Waals surface area contributed by atoms with Crippen molar-refractivity contribution in [3.05, 3.63) is 63.1 Å². The van der Waals surface area contributed by atoms with E-state index in [-0.39, 0.29) is 6.04 Å². The Bertz CT molecular complexity index is 537. The van der Waals surface area contributed by atoms with Crippen LogP contribution in [0.1, 0.15) is 18.5 Å². The van der Waals surface area contributed by atoms with E-state index in [9.17, 15) is 0 Å². The van der Waals surface area contributed by atoms with Crippen molar-refractivity contribution >= 4 is 40.5 Å². The van der Waals surface area contributed by atoms with Crippen molar-refractivity contribution in [3.8, 4) is 0 Å². The lowest BCUT2D eigenvalue weighted by Crippen LogP contribution is -2.07. The second kappa shape index (κ2) is 5.83. The Morgan fingerprint density at radius 1 is 0.889 bits per heavy atom. The molecular formula is C14H12Cl3N. The molecule has 0 saturated heterocycles. The third-order valence-electron chi connectivity index (χ3n) is 2.65. The fourth-order valence-corrected chi connectivity index (χ4v) is 2.31. The summed E-state index contributed by atoms with van der Waals surface area (Å²) >= 11 is 18.0. The van der Waals surface area contributed by atoms with Gasteiger partial charge in [0.15, 0.2) is 0 Å². The second-order valence-electron chi connectivity index (χ2n) is 4.04. The molecule has 0 heterocycles. The van der Waals surface area contributed by atoms with Crippen molar-refractivity contribution in [1.82, 2.24) is 0 Å². The topological polar surface area (TPSA) is 12.0 Å². The van der Waals surface area contributed by atoms with Gasteiger partial charge in [-0.05, 0) is 55.0 Å². The Kier molecular flexibility index (Phi) is 4.39. The molecule has 0 fully saturated rings. The van der Waals surface area contributed by atoms with Crippen molar-refractivity contribution in [2.24, 2.45) is 0 Å². The number of benzene rings is 2. The summed E-state index contributed by atoms with van der Waals surface area (Å²) in [6, 6.07) is 13.1. The Labute approximate surface area is 122 Å². The van der Waals surface area contributed by atoms with Crippen molar-refractivity contribution in [3.63, 3.8) is 0 Å². The SMILES string of the molecule is CC(Nc1ccc(Cl)cc1)c1cc(Cl)ccc1Cl. The van der Waals surface area contributed by atoms with E-state index in [2.05, 4.69) is 5.32 Å². The highest BCUT2D eigenvalue weighted by molar-refractivity contribution is 6.33. The monoisotopic (exact) mass is 299 g/mol. The average molecular weight is 301 g/mol. The van der Waals surface area contributed by atoms with E-state index in [4.69, 9.17) is 34.8 Å². The fourth-order valence-electron chi connectivity index (χ4n) is 1.72. The van der Waals surface area contributed by atoms with Crippen LogP contribution in [0.4, 0.5) is 5.69 Å². The molecule has 4 heteroatoms. The minimum Gasteiger partial charge on any atom is -0.378 e. The van der Waals surface area contributed by atoms with E-state index in [0.717, 1.165) is 11.3 Å². The molecule has 1 atom stereocenters. The molecule has 0 bridgehead atoms. The molecule has 0 saturated carbocycles. The van der Waals surface area contributed by atoms with Gasteiger partial charge in [0.05, 0.1) is 6.04 Å². The molecule has 0 radical (unpaired) electrons. The number of anilines is 1. The average Bonchev–Trinajstić information content (AvgIpc) is 2.35. The maximum atomic E-state index is 6.16. The lowest BCUT2D eigenvalue weighted by molar-refractivity contribution is 0.885. The van der Waals surface area contributed by atoms with Crippen molar-refractivity contribution < 1.29 is 0 Å². The van der Waals surface area contributed by atoms with E-state index in [1.807, 2.05) is 37.3 Å². The number of halogens is 3. The summed E-state index contributed by atoms with van der Waals surface area (Å²) in [7, 11) is 0. The van der Waals surface area contributed by atoms with Gasteiger partial charge in [-0.3, -0.25) is 0 Å². The standard InChI is InChI=1S/C14H12Cl3N/c1-9(13-8-11(16)4-7-14(13)17)18-12-5-2-10(15)3-6-12/h2-9,18H,1H3. The summed E-state index contributed by atoms with van der Waals surface area (Å²) in [5.41, 5.74) is 1.96. The zero-order valence-electron chi connectivity index (χ0n) is 9.75. The largest absolute Gasteiger partial charge is 0.378 e. The highest BCUT2D eigenvalue weighted by atomic mass is 35.5. The van der Waals surface area contributed by atoms with Crippen LogP contribution in [0.3, 0.4) is 0 Å². The van der Waals surface area contributed by atoms with Gasteiger partial charge in [0, 0.05) is 20.8 Å². The first-order chi connectivity index (χ1) is 8.56. The van der Waals surface area contributed by atoms with Gasteiger partial charge in [-0.15, -0.1) is 0 Å². The van der Waals surface area contributed by atoms with Gasteiger partial charge < -0.3 is 5.32 Å². The Morgan fingerprint density at radius 2 is 1.50 bits per heavy atom. The number of rotatable bonds is 3. The molecule has 0 aliphatic carbocycles. The first-order valence-electron chi connectivity index (χ1n) is 5.53. The zero-order chi connectivity index (χ0) is 13.1. The third-order valence-corrected chi connectivity index (χ3v) is 3.48. The Morgan fingerprint density at radius 3 is 2.17 bits per heavy atom. The van der Waals surface area contributed by atoms with E-state index >= 15 is 0 Å². The first-order valence-corrected chi connectivity index (χ1v) is 6.66. The van der Waals surface area contributed by atoms with Crippen LogP contribution in [0, 0.1) is 0 Å². The summed E-state index contributed by atoms with van der Waals surface area (Å²) in [5, 5.41) is 5.45. The molecule has 0 aliphatic rings. The highest BCUT2D eigenvalue weighted by Gasteiger charge is 2.10. The molecular weight excluding hydrogens is 289 g/mol. The van der Waals surface area contributed by atoms with Crippen LogP contribution in [0.2, 0.25) is 15.1 Å². The summed E-state index contributed by atoms with van der Waals surface area (Å²) in [4.78, 5) is 0. The molecule has 0 aromatic heterocycles. The molecule has 1 unspecified atom stereocenters. The van der Waals surface area contributed by atoms with Gasteiger partial charge >= 0.3 is 0 Å². The molecule has 0 aliphatic heterocycles. The second-order valence-corrected chi connectivity index (χ2v) is 5.32. The smallest absolute Gasteiger partial charge is 0.0500 e. The fraction of sp³-hybridized carbons (Fsp3) is 0.143. The first kappa shape index (κ1) is 13.5. The van der Waals surface area contributed by atoms with Crippen LogP contribution < -0.4 is 5.32 Å². The van der Waals surface area contributed by atoms with Gasteiger partial charge in [-0.2, -0.15) is 0 Å². The normalized spacial score (nSPS) is 12.2. The minimum absolute atomic E-state index is 0.0670. The summed E-state index contributed by atoms with van der Waals surface area (Å²) < 4.78 is 0. The van der Waals surface area contributed by atoms with Crippen LogP contribution in [-0.4, -0.2) is 0 Å². The lowest BCUT2D eigenvalue weighted by atomic mass is 10.1. The summed E-state index contributed by atoms with van der Waals surface area (Å²) in [6.45, 7) is 2.03. The van der Waals surface area contributed by atoms with Crippen LogP contribution in [0.25, 0.3) is 0 Å². The number of hydrogen-bond donors (Lipinski definition) is 1. The minimum atomic E-state index is 0.0670. The summed E-state index contributed by atoms with van der Waals surface area (Å²) in [5.74, 6) is 0. The van der Waals surface area contributed by atoms with Crippen molar-refractivity contribution in [2.45, 2.75) is 13.0 Å². The van der Waals surface area contributed by atoms with Gasteiger partial charge in [0.1, 0.15) is 0 Å². The molecule has 1 N–H and O–H groups in total. The van der Waals surface area contributed by atoms with Gasteiger partial charge in [-0.25, -0.2) is 0 Å². The Balaban J connectivity index is 2.18. The zero-order valence-corrected chi connectivity index (χ0v) is 12.0. The van der Waals surface area contributed by atoms with Crippen LogP contribution >= 0.6 is 34.8 Å². The Hall–Kier alpha value is -0.890. The maximum Gasteiger partial charge on any atom is 0.0500 e. The molecule has 2 aromatic rings. The van der Waals surface area contributed by atoms with Crippen LogP contribution in [0.5, 0.6) is 0 Å². The van der Waals surface area contributed by atoms with Gasteiger partial charge in [0.2, 0.25) is 0 Å². The maximum absolute atomic E-state index is 6.16. The third kappa shape index (κ3) is 3.32. The molecule has 94 valence electrons. The molecule has 2 rings (SSSR count). The van der Waals surface area contributed by atoms with Crippen LogP contribution in [0.15, 0.2) is 42.5 Å². The molecule has 2 aromatic carbocycles. The van der Waals surface area contributed by atoms with Gasteiger partial charge in [-0.1, -0.05) is 34.8 Å². The van der Waals surface area contributed by atoms with E-state index in [0.29, 0.717) is 15.1 Å². The molecule has 1 nitrogen and oxygen atoms in total. The quantitative estimate of drug-likeness (QED) is 0.753. The van der Waals surface area contributed by atoms with Crippen LogP contribution in [-0.2, 0) is 0 Å². The highest BCUT2D eigenvalue weighted by Crippen LogP contribution is 2.28. The van der Waals surface area contributed by atoms with E-state index in [1.54, 1.807) is 12.1 Å². The number of nitrogens with one attached hydrogen (secondary N) is 1. The van der Waals surface area contributed by atoms with E-state index < -0.39 is 0 Å². The molecule has 0 spiro atoms. The molecule has 18 heavy (non-hydrogen) atoms. The summed E-state index contributed by atoms with van der Waals surface area (Å²) in [6.07, 6.45) is 0. The van der Waals surface area contributed by atoms with Gasteiger partial charge in [0.25, 0.3) is 0 Å². The number of hydrogen-bond acceptors (Lipinski definition) is 1. The van der Waals surface area contributed by atoms with Crippen molar-refractivity contribution in [1.29, 1.82) is 0 Å². The lowest BCUT2D eigenvalue weighted by Gasteiger charge is -2.17. The predicted molar refractivity (Wildman–Crippen MR) is 80.0 cm³/mol. The molecule has 0 amide bonds. The van der Waals surface area contributed by atoms with E-state index in [1.165, 1.54) is 0 Å².